The van der Waals surface area contributed by atoms with Crippen LogP contribution in [0.25, 0.3) is 11.1 Å². The summed E-state index contributed by atoms with van der Waals surface area (Å²) < 4.78 is 0. The fourth-order valence-corrected chi connectivity index (χ4v) is 3.61. The predicted molar refractivity (Wildman–Crippen MR) is 104 cm³/mol. The molecule has 2 aromatic carbocycles. The van der Waals surface area contributed by atoms with Crippen molar-refractivity contribution >= 4 is 33.9 Å². The predicted octanol–water partition coefficient (Wildman–Crippen LogP) is 2.17. The molecule has 0 N–H and O–H groups in total. The maximum absolute atomic E-state index is 11.8. The number of aliphatic imine (C=N–C) groups is 1. The van der Waals surface area contributed by atoms with Crippen LogP contribution in [0.5, 0.6) is 0 Å². The number of rotatable bonds is 4. The molecule has 2 aromatic rings. The van der Waals surface area contributed by atoms with Crippen LogP contribution in [0.4, 0.5) is 17.1 Å². The molecule has 0 spiro atoms. The number of nitrogens with zero attached hydrogens (tertiary/aromatic N) is 4. The molecule has 0 saturated heterocycles. The Hall–Kier alpha value is -4.21. The number of hydrogen-bond acceptors (Lipinski definition) is 7. The zero-order chi connectivity index (χ0) is 20.9. The molecule has 0 bridgehead atoms. The number of non-ortho nitro benzene ring substituents is 1. The third kappa shape index (κ3) is 2.78. The Labute approximate surface area is 162 Å². The topological polar surface area (TPSA) is 142 Å². The quantitative estimate of drug-likeness (QED) is 0.576. The molecule has 0 amide bonds. The number of dihydropyridines is 1. The number of nitro groups is 3. The van der Waals surface area contributed by atoms with Crippen LogP contribution in [0, 0.1) is 30.3 Å². The molecular formula is C19H12N4O6. The summed E-state index contributed by atoms with van der Waals surface area (Å²) in [4.78, 5) is 36.6. The van der Waals surface area contributed by atoms with E-state index in [-0.39, 0.29) is 17.2 Å². The van der Waals surface area contributed by atoms with Crippen molar-refractivity contribution in [3.05, 3.63) is 94.9 Å². The van der Waals surface area contributed by atoms with Gasteiger partial charge in [0.05, 0.1) is 38.7 Å². The zero-order valence-corrected chi connectivity index (χ0v) is 14.9. The Balaban J connectivity index is 2.20. The number of allylic oxidation sites excluding steroid dienone is 1. The van der Waals surface area contributed by atoms with Crippen molar-refractivity contribution in [1.29, 1.82) is 0 Å². The van der Waals surface area contributed by atoms with Crippen LogP contribution in [0.3, 0.4) is 0 Å². The minimum Gasteiger partial charge on any atom is -0.277 e. The fraction of sp³-hybridized carbons (Fsp3) is 0.105. The van der Waals surface area contributed by atoms with Gasteiger partial charge in [-0.05, 0) is 17.4 Å². The summed E-state index contributed by atoms with van der Waals surface area (Å²) in [6.45, 7) is 1.82. The van der Waals surface area contributed by atoms with Crippen LogP contribution in [0.2, 0.25) is 0 Å². The molecule has 1 atom stereocenters. The molecule has 10 heteroatoms. The maximum atomic E-state index is 11.8. The van der Waals surface area contributed by atoms with Gasteiger partial charge in [-0.1, -0.05) is 36.4 Å². The van der Waals surface area contributed by atoms with Crippen LogP contribution in [-0.2, 0) is 0 Å². The van der Waals surface area contributed by atoms with Gasteiger partial charge in [-0.3, -0.25) is 35.3 Å². The number of hydrogen-bond donors (Lipinski definition) is 0. The van der Waals surface area contributed by atoms with Gasteiger partial charge in [0.25, 0.3) is 17.1 Å². The summed E-state index contributed by atoms with van der Waals surface area (Å²) in [5.74, 6) is 0. The van der Waals surface area contributed by atoms with Crippen molar-refractivity contribution < 1.29 is 14.8 Å². The van der Waals surface area contributed by atoms with Gasteiger partial charge in [0.1, 0.15) is 5.56 Å². The smallest absolute Gasteiger partial charge is 0.277 e. The highest BCUT2D eigenvalue weighted by Gasteiger charge is 2.37. The van der Waals surface area contributed by atoms with Gasteiger partial charge in [-0.2, -0.15) is 0 Å². The van der Waals surface area contributed by atoms with E-state index in [4.69, 9.17) is 0 Å². The van der Waals surface area contributed by atoms with E-state index in [1.54, 1.807) is 24.3 Å². The summed E-state index contributed by atoms with van der Waals surface area (Å²) >= 11 is 0. The SMILES string of the molecule is CC1C=CC2=c3ccccc3=C(c3c([N+](=O)[O-])cc([N+](=O)[O-])cc3[N+](=O)[O-])C2=N1. The van der Waals surface area contributed by atoms with Crippen molar-refractivity contribution in [2.45, 2.75) is 13.0 Å². The van der Waals surface area contributed by atoms with Gasteiger partial charge in [-0.25, -0.2) is 0 Å². The Kier molecular flexibility index (Phi) is 4.04. The Morgan fingerprint density at radius 1 is 0.897 bits per heavy atom. The maximum Gasteiger partial charge on any atom is 0.291 e. The lowest BCUT2D eigenvalue weighted by Gasteiger charge is -2.15. The van der Waals surface area contributed by atoms with Crippen molar-refractivity contribution in [3.63, 3.8) is 0 Å². The van der Waals surface area contributed by atoms with Crippen molar-refractivity contribution in [2.75, 3.05) is 0 Å². The van der Waals surface area contributed by atoms with E-state index in [1.807, 2.05) is 19.1 Å². The monoisotopic (exact) mass is 392 g/mol. The summed E-state index contributed by atoms with van der Waals surface area (Å²) in [7, 11) is 0. The van der Waals surface area contributed by atoms with E-state index in [2.05, 4.69) is 4.99 Å². The van der Waals surface area contributed by atoms with Gasteiger partial charge in [0, 0.05) is 11.1 Å². The lowest BCUT2D eigenvalue weighted by molar-refractivity contribution is -0.403. The van der Waals surface area contributed by atoms with Gasteiger partial charge in [0.2, 0.25) is 0 Å². The largest absolute Gasteiger partial charge is 0.291 e. The summed E-state index contributed by atoms with van der Waals surface area (Å²) in [5.41, 5.74) is -1.07. The van der Waals surface area contributed by atoms with E-state index in [9.17, 15) is 30.3 Å². The second kappa shape index (κ2) is 6.44. The van der Waals surface area contributed by atoms with E-state index in [1.165, 1.54) is 0 Å². The summed E-state index contributed by atoms with van der Waals surface area (Å²) in [6, 6.07) is 8.28. The van der Waals surface area contributed by atoms with Crippen LogP contribution < -0.4 is 10.4 Å². The molecule has 144 valence electrons. The summed E-state index contributed by atoms with van der Waals surface area (Å²) in [6.07, 6.45) is 3.69. The minimum absolute atomic E-state index is 0.228. The zero-order valence-electron chi connectivity index (χ0n) is 14.9. The summed E-state index contributed by atoms with van der Waals surface area (Å²) in [5, 5.41) is 36.0. The first kappa shape index (κ1) is 18.2. The molecule has 0 radical (unpaired) electrons. The molecule has 1 heterocycles. The van der Waals surface area contributed by atoms with E-state index in [0.29, 0.717) is 16.5 Å². The molecule has 4 rings (SSSR count). The molecule has 29 heavy (non-hydrogen) atoms. The van der Waals surface area contributed by atoms with Gasteiger partial charge < -0.3 is 0 Å². The number of fused-ring (bicyclic) bond motifs is 2. The lowest BCUT2D eigenvalue weighted by atomic mass is 9.93. The van der Waals surface area contributed by atoms with Crippen LogP contribution >= 0.6 is 0 Å². The first-order valence-electron chi connectivity index (χ1n) is 8.51. The van der Waals surface area contributed by atoms with Crippen molar-refractivity contribution in [3.8, 4) is 0 Å². The van der Waals surface area contributed by atoms with Crippen LogP contribution in [-0.4, -0.2) is 26.5 Å². The molecule has 2 aliphatic rings. The van der Waals surface area contributed by atoms with Crippen molar-refractivity contribution in [1.82, 2.24) is 0 Å². The molecule has 0 saturated carbocycles. The molecule has 10 nitrogen and oxygen atoms in total. The number of nitro benzene ring substituents is 3. The van der Waals surface area contributed by atoms with Crippen molar-refractivity contribution in [2.24, 2.45) is 4.99 Å². The minimum atomic E-state index is -0.891. The lowest BCUT2D eigenvalue weighted by Crippen LogP contribution is -2.23. The second-order valence-electron chi connectivity index (χ2n) is 6.54. The highest BCUT2D eigenvalue weighted by molar-refractivity contribution is 6.46. The molecular weight excluding hydrogens is 380 g/mol. The van der Waals surface area contributed by atoms with Gasteiger partial charge in [0.15, 0.2) is 0 Å². The average Bonchev–Trinajstić information content (AvgIpc) is 2.99. The molecule has 1 aliphatic heterocycles. The third-order valence-corrected chi connectivity index (χ3v) is 4.79. The highest BCUT2D eigenvalue weighted by Crippen LogP contribution is 2.40. The fourth-order valence-electron chi connectivity index (χ4n) is 3.61. The third-order valence-electron chi connectivity index (χ3n) is 4.79. The molecule has 0 aromatic heterocycles. The average molecular weight is 392 g/mol. The Morgan fingerprint density at radius 2 is 1.48 bits per heavy atom. The molecule has 0 fully saturated rings. The van der Waals surface area contributed by atoms with Crippen LogP contribution in [0.1, 0.15) is 12.5 Å². The van der Waals surface area contributed by atoms with E-state index < -0.39 is 31.8 Å². The second-order valence-corrected chi connectivity index (χ2v) is 6.54. The first-order valence-corrected chi connectivity index (χ1v) is 8.51. The van der Waals surface area contributed by atoms with Crippen LogP contribution in [0.15, 0.2) is 53.5 Å². The Morgan fingerprint density at radius 3 is 2.03 bits per heavy atom. The molecule has 1 unspecified atom stereocenters. The molecule has 1 aliphatic carbocycles. The van der Waals surface area contributed by atoms with Gasteiger partial charge in [-0.15, -0.1) is 0 Å². The van der Waals surface area contributed by atoms with E-state index >= 15 is 0 Å². The van der Waals surface area contributed by atoms with E-state index in [0.717, 1.165) is 17.4 Å². The Bertz CT molecular complexity index is 1270. The first-order chi connectivity index (χ1) is 13.8. The standard InChI is InChI=1S/C19H12N4O6/c1-10-6-7-14-12-4-2-3-5-13(12)17(19(14)20-10)18-15(22(26)27)8-11(21(24)25)9-16(18)23(28)29/h2-10H,1H3. The normalized spacial score (nSPS) is 16.9. The highest BCUT2D eigenvalue weighted by atomic mass is 16.6. The number of benzene rings is 2. The van der Waals surface area contributed by atoms with Gasteiger partial charge >= 0.3 is 0 Å².